The number of aromatic nitrogens is 1. The normalized spacial score (nSPS) is 10.7. The van der Waals surface area contributed by atoms with E-state index >= 15 is 0 Å². The zero-order chi connectivity index (χ0) is 13.7. The number of aryl methyl sites for hydroxylation is 2. The van der Waals surface area contributed by atoms with Gasteiger partial charge < -0.3 is 14.6 Å². The first kappa shape index (κ1) is 13.6. The number of ether oxygens (including phenoxy) is 1. The molecule has 4 heteroatoms. The summed E-state index contributed by atoms with van der Waals surface area (Å²) in [5.41, 5.74) is 3.14. The van der Waals surface area contributed by atoms with Crippen molar-refractivity contribution in [3.05, 3.63) is 46.8 Å². The standard InChI is InChI=1S/C15H20N2O2/c1-4-16-9-13-6-5-7-14(8-13)18-10-15-11(2)17-19-12(15)3/h5-8,16H,4,9-10H2,1-3H3. The lowest BCUT2D eigenvalue weighted by Gasteiger charge is -2.08. The molecule has 1 aromatic heterocycles. The molecule has 0 amide bonds. The monoisotopic (exact) mass is 260 g/mol. The van der Waals surface area contributed by atoms with Crippen LogP contribution in [-0.2, 0) is 13.2 Å². The summed E-state index contributed by atoms with van der Waals surface area (Å²) in [4.78, 5) is 0. The Bertz CT molecular complexity index is 515. The minimum Gasteiger partial charge on any atom is -0.489 e. The SMILES string of the molecule is CCNCc1cccc(OCc2c(C)noc2C)c1. The summed E-state index contributed by atoms with van der Waals surface area (Å²) in [6.45, 7) is 8.24. The topological polar surface area (TPSA) is 47.3 Å². The summed E-state index contributed by atoms with van der Waals surface area (Å²) >= 11 is 0. The fourth-order valence-electron chi connectivity index (χ4n) is 1.88. The average Bonchev–Trinajstić information content (AvgIpc) is 2.74. The third kappa shape index (κ3) is 3.58. The molecule has 1 heterocycles. The molecule has 2 aromatic rings. The van der Waals surface area contributed by atoms with Gasteiger partial charge in [0.05, 0.1) is 11.3 Å². The van der Waals surface area contributed by atoms with E-state index in [9.17, 15) is 0 Å². The zero-order valence-electron chi connectivity index (χ0n) is 11.7. The Morgan fingerprint density at radius 1 is 1.32 bits per heavy atom. The van der Waals surface area contributed by atoms with Crippen LogP contribution in [0.5, 0.6) is 5.75 Å². The van der Waals surface area contributed by atoms with E-state index in [1.165, 1.54) is 5.56 Å². The minimum absolute atomic E-state index is 0.492. The van der Waals surface area contributed by atoms with E-state index in [1.54, 1.807) is 0 Å². The first-order chi connectivity index (χ1) is 9.20. The van der Waals surface area contributed by atoms with Crippen LogP contribution in [0.4, 0.5) is 0 Å². The van der Waals surface area contributed by atoms with Crippen LogP contribution in [0.3, 0.4) is 0 Å². The summed E-state index contributed by atoms with van der Waals surface area (Å²) in [5, 5.41) is 7.22. The predicted molar refractivity (Wildman–Crippen MR) is 74.1 cm³/mol. The molecule has 0 aliphatic heterocycles. The lowest BCUT2D eigenvalue weighted by Crippen LogP contribution is -2.11. The molecule has 19 heavy (non-hydrogen) atoms. The van der Waals surface area contributed by atoms with Gasteiger partial charge in [-0.3, -0.25) is 0 Å². The maximum absolute atomic E-state index is 5.80. The highest BCUT2D eigenvalue weighted by Gasteiger charge is 2.09. The summed E-state index contributed by atoms with van der Waals surface area (Å²) < 4.78 is 10.9. The number of hydrogen-bond acceptors (Lipinski definition) is 4. The molecule has 2 rings (SSSR count). The lowest BCUT2D eigenvalue weighted by atomic mass is 10.2. The number of nitrogens with zero attached hydrogens (tertiary/aromatic N) is 1. The van der Waals surface area contributed by atoms with Crippen molar-refractivity contribution < 1.29 is 9.26 Å². The van der Waals surface area contributed by atoms with Crippen molar-refractivity contribution in [1.29, 1.82) is 0 Å². The molecule has 102 valence electrons. The average molecular weight is 260 g/mol. The Hall–Kier alpha value is -1.81. The van der Waals surface area contributed by atoms with E-state index in [0.717, 1.165) is 35.9 Å². The molecule has 0 unspecified atom stereocenters. The van der Waals surface area contributed by atoms with Crippen molar-refractivity contribution in [3.8, 4) is 5.75 Å². The van der Waals surface area contributed by atoms with E-state index in [1.807, 2.05) is 26.0 Å². The molecule has 1 N–H and O–H groups in total. The van der Waals surface area contributed by atoms with Crippen LogP contribution >= 0.6 is 0 Å². The van der Waals surface area contributed by atoms with Gasteiger partial charge in [-0.1, -0.05) is 24.2 Å². The highest BCUT2D eigenvalue weighted by molar-refractivity contribution is 5.29. The van der Waals surface area contributed by atoms with Gasteiger partial charge in [0.15, 0.2) is 0 Å². The number of benzene rings is 1. The summed E-state index contributed by atoms with van der Waals surface area (Å²) in [6, 6.07) is 8.12. The fraction of sp³-hybridized carbons (Fsp3) is 0.400. The van der Waals surface area contributed by atoms with Crippen molar-refractivity contribution in [2.24, 2.45) is 0 Å². The molecule has 0 radical (unpaired) electrons. The van der Waals surface area contributed by atoms with Crippen LogP contribution in [0.25, 0.3) is 0 Å². The second kappa shape index (κ2) is 6.38. The Balaban J connectivity index is 1.99. The number of nitrogens with one attached hydrogen (secondary N) is 1. The molecular weight excluding hydrogens is 240 g/mol. The molecule has 4 nitrogen and oxygen atoms in total. The fourth-order valence-corrected chi connectivity index (χ4v) is 1.88. The first-order valence-electron chi connectivity index (χ1n) is 6.55. The molecular formula is C15H20N2O2. The van der Waals surface area contributed by atoms with Gasteiger partial charge >= 0.3 is 0 Å². The number of hydrogen-bond donors (Lipinski definition) is 1. The smallest absolute Gasteiger partial charge is 0.140 e. The molecule has 0 spiro atoms. The van der Waals surface area contributed by atoms with E-state index in [0.29, 0.717) is 6.61 Å². The van der Waals surface area contributed by atoms with Crippen LogP contribution in [-0.4, -0.2) is 11.7 Å². The minimum atomic E-state index is 0.492. The molecule has 0 bridgehead atoms. The lowest BCUT2D eigenvalue weighted by molar-refractivity contribution is 0.301. The van der Waals surface area contributed by atoms with Gasteiger partial charge in [0.2, 0.25) is 0 Å². The van der Waals surface area contributed by atoms with Gasteiger partial charge in [0, 0.05) is 6.54 Å². The molecule has 0 aliphatic rings. The van der Waals surface area contributed by atoms with Gasteiger partial charge in [-0.15, -0.1) is 0 Å². The Kier molecular flexibility index (Phi) is 4.58. The quantitative estimate of drug-likeness (QED) is 0.867. The van der Waals surface area contributed by atoms with Crippen molar-refractivity contribution in [2.45, 2.75) is 33.9 Å². The summed E-state index contributed by atoms with van der Waals surface area (Å²) in [7, 11) is 0. The van der Waals surface area contributed by atoms with Crippen LogP contribution in [0.15, 0.2) is 28.8 Å². The molecule has 1 aromatic carbocycles. The molecule has 0 fully saturated rings. The Labute approximate surface area is 113 Å². The molecule has 0 aliphatic carbocycles. The Morgan fingerprint density at radius 3 is 2.84 bits per heavy atom. The van der Waals surface area contributed by atoms with Crippen molar-refractivity contribution >= 4 is 0 Å². The largest absolute Gasteiger partial charge is 0.489 e. The molecule has 0 saturated heterocycles. The van der Waals surface area contributed by atoms with E-state index in [-0.39, 0.29) is 0 Å². The first-order valence-corrected chi connectivity index (χ1v) is 6.55. The van der Waals surface area contributed by atoms with Gasteiger partial charge in [0.25, 0.3) is 0 Å². The predicted octanol–water partition coefficient (Wildman–Crippen LogP) is 2.98. The van der Waals surface area contributed by atoms with E-state index in [2.05, 4.69) is 29.5 Å². The Morgan fingerprint density at radius 2 is 2.16 bits per heavy atom. The maximum atomic E-state index is 5.80. The van der Waals surface area contributed by atoms with Crippen LogP contribution in [0, 0.1) is 13.8 Å². The van der Waals surface area contributed by atoms with Crippen LogP contribution < -0.4 is 10.1 Å². The maximum Gasteiger partial charge on any atom is 0.140 e. The van der Waals surface area contributed by atoms with Crippen molar-refractivity contribution in [2.75, 3.05) is 6.54 Å². The second-order valence-corrected chi connectivity index (χ2v) is 4.52. The zero-order valence-corrected chi connectivity index (χ0v) is 11.7. The van der Waals surface area contributed by atoms with E-state index < -0.39 is 0 Å². The van der Waals surface area contributed by atoms with Crippen molar-refractivity contribution in [1.82, 2.24) is 10.5 Å². The second-order valence-electron chi connectivity index (χ2n) is 4.52. The van der Waals surface area contributed by atoms with Gasteiger partial charge in [0.1, 0.15) is 18.1 Å². The van der Waals surface area contributed by atoms with Crippen LogP contribution in [0.1, 0.15) is 29.5 Å². The number of rotatable bonds is 6. The van der Waals surface area contributed by atoms with Crippen molar-refractivity contribution in [3.63, 3.8) is 0 Å². The van der Waals surface area contributed by atoms with Gasteiger partial charge in [-0.2, -0.15) is 0 Å². The van der Waals surface area contributed by atoms with Gasteiger partial charge in [-0.05, 0) is 38.1 Å². The third-order valence-electron chi connectivity index (χ3n) is 3.04. The van der Waals surface area contributed by atoms with Crippen LogP contribution in [0.2, 0.25) is 0 Å². The highest BCUT2D eigenvalue weighted by atomic mass is 16.5. The summed E-state index contributed by atoms with van der Waals surface area (Å²) in [6.07, 6.45) is 0. The van der Waals surface area contributed by atoms with E-state index in [4.69, 9.17) is 9.26 Å². The third-order valence-corrected chi connectivity index (χ3v) is 3.04. The highest BCUT2D eigenvalue weighted by Crippen LogP contribution is 2.18. The summed E-state index contributed by atoms with van der Waals surface area (Å²) in [5.74, 6) is 1.69. The van der Waals surface area contributed by atoms with Gasteiger partial charge in [-0.25, -0.2) is 0 Å². The molecule has 0 saturated carbocycles. The molecule has 0 atom stereocenters.